The molecule has 1 N–H and O–H groups in total. The Morgan fingerprint density at radius 2 is 1.70 bits per heavy atom. The van der Waals surface area contributed by atoms with Crippen LogP contribution in [0.15, 0.2) is 48.5 Å². The average Bonchev–Trinajstić information content (AvgIpc) is 2.54. The number of nitrogens with zero attached hydrogens (tertiary/aromatic N) is 1. The van der Waals surface area contributed by atoms with Crippen LogP contribution in [0.2, 0.25) is 0 Å². The van der Waals surface area contributed by atoms with E-state index in [1.54, 1.807) is 7.11 Å². The molecule has 0 atom stereocenters. The highest BCUT2D eigenvalue weighted by Gasteiger charge is 2.07. The second-order valence-corrected chi connectivity index (χ2v) is 5.81. The molecule has 0 aliphatic carbocycles. The Morgan fingerprint density at radius 3 is 2.30 bits per heavy atom. The van der Waals surface area contributed by atoms with Gasteiger partial charge in [-0.2, -0.15) is 0 Å². The van der Waals surface area contributed by atoms with Crippen molar-refractivity contribution in [3.63, 3.8) is 0 Å². The molecule has 2 aromatic carbocycles. The summed E-state index contributed by atoms with van der Waals surface area (Å²) in [4.78, 5) is 14.2. The van der Waals surface area contributed by atoms with Gasteiger partial charge in [-0.25, -0.2) is 0 Å². The molecule has 0 radical (unpaired) electrons. The van der Waals surface area contributed by atoms with E-state index in [-0.39, 0.29) is 5.91 Å². The maximum atomic E-state index is 12.1. The van der Waals surface area contributed by atoms with Gasteiger partial charge in [0.2, 0.25) is 5.91 Å². The number of rotatable bonds is 7. The highest BCUT2D eigenvalue weighted by atomic mass is 16.5. The largest absolute Gasteiger partial charge is 0.497 e. The summed E-state index contributed by atoms with van der Waals surface area (Å²) in [5.41, 5.74) is 3.37. The Kier molecular flexibility index (Phi) is 6.18. The average molecular weight is 312 g/mol. The predicted molar refractivity (Wildman–Crippen MR) is 92.4 cm³/mol. The molecule has 0 aliphatic heterocycles. The van der Waals surface area contributed by atoms with Crippen LogP contribution in [-0.4, -0.2) is 32.0 Å². The van der Waals surface area contributed by atoms with Gasteiger partial charge in [-0.15, -0.1) is 0 Å². The van der Waals surface area contributed by atoms with Gasteiger partial charge in [-0.3, -0.25) is 4.79 Å². The van der Waals surface area contributed by atoms with E-state index in [0.717, 1.165) is 23.4 Å². The summed E-state index contributed by atoms with van der Waals surface area (Å²) in [5, 5.41) is 3.00. The van der Waals surface area contributed by atoms with Crippen LogP contribution < -0.4 is 10.1 Å². The van der Waals surface area contributed by atoms with Crippen molar-refractivity contribution in [1.82, 2.24) is 10.2 Å². The minimum Gasteiger partial charge on any atom is -0.497 e. The maximum Gasteiger partial charge on any atom is 0.224 e. The molecule has 4 nitrogen and oxygen atoms in total. The number of carbonyl (C=O) groups is 1. The summed E-state index contributed by atoms with van der Waals surface area (Å²) >= 11 is 0. The molecule has 0 saturated heterocycles. The monoisotopic (exact) mass is 312 g/mol. The molecule has 0 aliphatic rings. The molecule has 2 aromatic rings. The van der Waals surface area contributed by atoms with Crippen LogP contribution in [0.3, 0.4) is 0 Å². The second-order valence-electron chi connectivity index (χ2n) is 5.81. The lowest BCUT2D eigenvalue weighted by atomic mass is 10.1. The zero-order valence-electron chi connectivity index (χ0n) is 14.0. The molecule has 4 heteroatoms. The van der Waals surface area contributed by atoms with Gasteiger partial charge in [0.15, 0.2) is 0 Å². The van der Waals surface area contributed by atoms with Crippen LogP contribution >= 0.6 is 0 Å². The van der Waals surface area contributed by atoms with Crippen LogP contribution in [0, 0.1) is 0 Å². The van der Waals surface area contributed by atoms with Gasteiger partial charge < -0.3 is 15.0 Å². The van der Waals surface area contributed by atoms with Crippen molar-refractivity contribution in [2.75, 3.05) is 21.2 Å². The van der Waals surface area contributed by atoms with E-state index in [1.807, 2.05) is 50.5 Å². The molecule has 2 rings (SSSR count). The van der Waals surface area contributed by atoms with Crippen LogP contribution in [0.1, 0.15) is 16.7 Å². The van der Waals surface area contributed by atoms with E-state index in [4.69, 9.17) is 4.74 Å². The zero-order chi connectivity index (χ0) is 16.7. The first-order valence-electron chi connectivity index (χ1n) is 7.69. The van der Waals surface area contributed by atoms with Crippen LogP contribution in [-0.2, 0) is 24.3 Å². The van der Waals surface area contributed by atoms with E-state index in [1.165, 1.54) is 5.56 Å². The number of hydrogen-bond acceptors (Lipinski definition) is 3. The Bertz CT molecular complexity index is 636. The molecular formula is C19H24N2O2. The Balaban J connectivity index is 1.91. The van der Waals surface area contributed by atoms with Crippen molar-refractivity contribution < 1.29 is 9.53 Å². The topological polar surface area (TPSA) is 41.6 Å². The third kappa shape index (κ3) is 5.42. The van der Waals surface area contributed by atoms with Crippen molar-refractivity contribution >= 4 is 5.91 Å². The van der Waals surface area contributed by atoms with Crippen LogP contribution in [0.25, 0.3) is 0 Å². The van der Waals surface area contributed by atoms with Crippen molar-refractivity contribution in [3.8, 4) is 5.75 Å². The van der Waals surface area contributed by atoms with Gasteiger partial charge in [-0.05, 0) is 42.9 Å². The number of amides is 1. The smallest absolute Gasteiger partial charge is 0.224 e. The van der Waals surface area contributed by atoms with Crippen molar-refractivity contribution in [2.24, 2.45) is 0 Å². The minimum atomic E-state index is 0.0230. The fraction of sp³-hybridized carbons (Fsp3) is 0.316. The molecule has 0 bridgehead atoms. The third-order valence-electron chi connectivity index (χ3n) is 3.60. The molecule has 122 valence electrons. The molecule has 23 heavy (non-hydrogen) atoms. The number of carbonyl (C=O) groups excluding carboxylic acids is 1. The summed E-state index contributed by atoms with van der Waals surface area (Å²) in [6.07, 6.45) is 0.375. The standard InChI is InChI=1S/C19H24N2O2/c1-21(2)14-17-7-5-4-6-16(17)13-20-19(22)12-15-8-10-18(23-3)11-9-15/h4-11H,12-14H2,1-3H3,(H,20,22). The number of benzene rings is 2. The first-order chi connectivity index (χ1) is 11.1. The van der Waals surface area contributed by atoms with E-state index in [2.05, 4.69) is 22.3 Å². The van der Waals surface area contributed by atoms with Gasteiger partial charge in [0.1, 0.15) is 5.75 Å². The van der Waals surface area contributed by atoms with Crippen LogP contribution in [0.4, 0.5) is 0 Å². The van der Waals surface area contributed by atoms with E-state index < -0.39 is 0 Å². The van der Waals surface area contributed by atoms with E-state index in [9.17, 15) is 4.79 Å². The summed E-state index contributed by atoms with van der Waals surface area (Å²) in [7, 11) is 5.71. The van der Waals surface area contributed by atoms with Crippen LogP contribution in [0.5, 0.6) is 5.75 Å². The molecule has 0 unspecified atom stereocenters. The second kappa shape index (κ2) is 8.34. The summed E-state index contributed by atoms with van der Waals surface area (Å²) < 4.78 is 5.12. The molecular weight excluding hydrogens is 288 g/mol. The third-order valence-corrected chi connectivity index (χ3v) is 3.60. The zero-order valence-corrected chi connectivity index (χ0v) is 14.0. The van der Waals surface area contributed by atoms with Crippen molar-refractivity contribution in [2.45, 2.75) is 19.5 Å². The number of nitrogens with one attached hydrogen (secondary N) is 1. The Labute approximate surface area is 138 Å². The van der Waals surface area contributed by atoms with Crippen molar-refractivity contribution in [3.05, 3.63) is 65.2 Å². The molecule has 0 saturated carbocycles. The fourth-order valence-corrected chi connectivity index (χ4v) is 2.41. The molecule has 0 spiro atoms. The van der Waals surface area contributed by atoms with E-state index >= 15 is 0 Å². The van der Waals surface area contributed by atoms with Gasteiger partial charge in [0, 0.05) is 13.1 Å². The first-order valence-corrected chi connectivity index (χ1v) is 7.69. The van der Waals surface area contributed by atoms with E-state index in [0.29, 0.717) is 13.0 Å². The summed E-state index contributed by atoms with van der Waals surface area (Å²) in [6, 6.07) is 15.8. The lowest BCUT2D eigenvalue weighted by Gasteiger charge is -2.14. The SMILES string of the molecule is COc1ccc(CC(=O)NCc2ccccc2CN(C)C)cc1. The fourth-order valence-electron chi connectivity index (χ4n) is 2.41. The maximum absolute atomic E-state index is 12.1. The Hall–Kier alpha value is -2.33. The minimum absolute atomic E-state index is 0.0230. The number of hydrogen-bond donors (Lipinski definition) is 1. The lowest BCUT2D eigenvalue weighted by molar-refractivity contribution is -0.120. The highest BCUT2D eigenvalue weighted by Crippen LogP contribution is 2.12. The molecule has 1 amide bonds. The van der Waals surface area contributed by atoms with Gasteiger partial charge >= 0.3 is 0 Å². The number of ether oxygens (including phenoxy) is 1. The quantitative estimate of drug-likeness (QED) is 0.854. The lowest BCUT2D eigenvalue weighted by Crippen LogP contribution is -2.25. The molecule has 0 aromatic heterocycles. The highest BCUT2D eigenvalue weighted by molar-refractivity contribution is 5.78. The number of methoxy groups -OCH3 is 1. The van der Waals surface area contributed by atoms with Gasteiger partial charge in [-0.1, -0.05) is 36.4 Å². The summed E-state index contributed by atoms with van der Waals surface area (Å²) in [6.45, 7) is 1.42. The molecule has 0 fully saturated rings. The van der Waals surface area contributed by atoms with Gasteiger partial charge in [0.05, 0.1) is 13.5 Å². The van der Waals surface area contributed by atoms with Gasteiger partial charge in [0.25, 0.3) is 0 Å². The summed E-state index contributed by atoms with van der Waals surface area (Å²) in [5.74, 6) is 0.821. The predicted octanol–water partition coefficient (Wildman–Crippen LogP) is 2.62. The first kappa shape index (κ1) is 17.0. The normalized spacial score (nSPS) is 10.6. The van der Waals surface area contributed by atoms with Crippen molar-refractivity contribution in [1.29, 1.82) is 0 Å². The molecule has 0 heterocycles. The Morgan fingerprint density at radius 1 is 1.04 bits per heavy atom.